The summed E-state index contributed by atoms with van der Waals surface area (Å²) >= 11 is 0. The van der Waals surface area contributed by atoms with Gasteiger partial charge in [-0.3, -0.25) is 0 Å². The van der Waals surface area contributed by atoms with E-state index in [1.165, 1.54) is 25.3 Å². The van der Waals surface area contributed by atoms with Gasteiger partial charge in [-0.15, -0.1) is 0 Å². The molecule has 0 saturated carbocycles. The summed E-state index contributed by atoms with van der Waals surface area (Å²) in [7, 11) is 0. The number of aliphatic hydroxyl groups excluding tert-OH is 3. The molecule has 0 radical (unpaired) electrons. The third-order valence-electron chi connectivity index (χ3n) is 2.28. The Morgan fingerprint density at radius 1 is 1.07 bits per heavy atom. The van der Waals surface area contributed by atoms with E-state index in [1.54, 1.807) is 0 Å². The maximum atomic E-state index is 9.39. The van der Waals surface area contributed by atoms with E-state index in [0.29, 0.717) is 6.42 Å². The van der Waals surface area contributed by atoms with Crippen LogP contribution in [0.2, 0.25) is 0 Å². The van der Waals surface area contributed by atoms with Gasteiger partial charge in [0.1, 0.15) is 6.10 Å². The molecule has 0 aromatic carbocycles. The van der Waals surface area contributed by atoms with E-state index in [9.17, 15) is 10.2 Å². The molecule has 0 amide bonds. The lowest BCUT2D eigenvalue weighted by molar-refractivity contribution is 0.0404. The van der Waals surface area contributed by atoms with E-state index in [-0.39, 0.29) is 0 Å². The number of rotatable bonds is 8. The molecule has 14 heavy (non-hydrogen) atoms. The van der Waals surface area contributed by atoms with Crippen LogP contribution in [0.15, 0.2) is 12.3 Å². The van der Waals surface area contributed by atoms with Crippen LogP contribution in [0.1, 0.15) is 45.4 Å². The van der Waals surface area contributed by atoms with Gasteiger partial charge < -0.3 is 15.3 Å². The zero-order valence-electron chi connectivity index (χ0n) is 8.89. The monoisotopic (exact) mass is 202 g/mol. The van der Waals surface area contributed by atoms with Crippen molar-refractivity contribution in [3.63, 3.8) is 0 Å². The van der Waals surface area contributed by atoms with E-state index in [4.69, 9.17) is 5.11 Å². The number of hydrogen-bond donors (Lipinski definition) is 3. The quantitative estimate of drug-likeness (QED) is 0.417. The summed E-state index contributed by atoms with van der Waals surface area (Å²) in [6.07, 6.45) is 6.52. The molecule has 0 saturated heterocycles. The Labute approximate surface area is 86.1 Å². The van der Waals surface area contributed by atoms with E-state index in [0.717, 1.165) is 19.1 Å². The highest BCUT2D eigenvalue weighted by atomic mass is 16.3. The van der Waals surface area contributed by atoms with E-state index < -0.39 is 12.2 Å². The molecule has 0 aliphatic rings. The topological polar surface area (TPSA) is 60.7 Å². The lowest BCUT2D eigenvalue weighted by atomic mass is 10.0. The summed E-state index contributed by atoms with van der Waals surface area (Å²) in [4.78, 5) is 0. The molecule has 0 aromatic heterocycles. The molecule has 0 aliphatic heterocycles. The van der Waals surface area contributed by atoms with Crippen LogP contribution in [-0.4, -0.2) is 27.5 Å². The third-order valence-corrected chi connectivity index (χ3v) is 2.28. The molecular weight excluding hydrogens is 180 g/mol. The van der Waals surface area contributed by atoms with Crippen molar-refractivity contribution in [2.75, 3.05) is 0 Å². The molecule has 0 bridgehead atoms. The van der Waals surface area contributed by atoms with Gasteiger partial charge in [-0.05, 0) is 12.5 Å². The first-order valence-corrected chi connectivity index (χ1v) is 5.39. The van der Waals surface area contributed by atoms with E-state index in [1.807, 2.05) is 0 Å². The van der Waals surface area contributed by atoms with Gasteiger partial charge in [-0.2, -0.15) is 0 Å². The standard InChI is InChI=1S/C11H22O3/c1-2-3-4-5-6-7-10(13)11(14)8-9-12/h8-14H,2-7H2,1H3. The highest BCUT2D eigenvalue weighted by Gasteiger charge is 2.12. The Kier molecular flexibility index (Phi) is 8.68. The van der Waals surface area contributed by atoms with Gasteiger partial charge in [-0.1, -0.05) is 39.0 Å². The fourth-order valence-corrected chi connectivity index (χ4v) is 1.34. The zero-order valence-corrected chi connectivity index (χ0v) is 8.89. The lowest BCUT2D eigenvalue weighted by Gasteiger charge is -2.13. The van der Waals surface area contributed by atoms with Crippen LogP contribution in [0.25, 0.3) is 0 Å². The number of unbranched alkanes of at least 4 members (excludes halogenated alkanes) is 4. The van der Waals surface area contributed by atoms with Gasteiger partial charge in [0.2, 0.25) is 0 Å². The summed E-state index contributed by atoms with van der Waals surface area (Å²) in [5.74, 6) is 0. The first kappa shape index (κ1) is 13.5. The van der Waals surface area contributed by atoms with Crippen molar-refractivity contribution < 1.29 is 15.3 Å². The minimum Gasteiger partial charge on any atom is -0.516 e. The van der Waals surface area contributed by atoms with Crippen molar-refractivity contribution in [3.05, 3.63) is 12.3 Å². The molecule has 2 atom stereocenters. The molecular formula is C11H22O3. The SMILES string of the molecule is CCCCCCCC(O)C(O)C=CO. The summed E-state index contributed by atoms with van der Waals surface area (Å²) < 4.78 is 0. The Morgan fingerprint density at radius 3 is 2.29 bits per heavy atom. The van der Waals surface area contributed by atoms with Crippen LogP contribution in [0.4, 0.5) is 0 Å². The van der Waals surface area contributed by atoms with Crippen molar-refractivity contribution in [2.24, 2.45) is 0 Å². The van der Waals surface area contributed by atoms with Crippen molar-refractivity contribution in [3.8, 4) is 0 Å². The molecule has 0 aromatic rings. The average molecular weight is 202 g/mol. The highest BCUT2D eigenvalue weighted by Crippen LogP contribution is 2.09. The van der Waals surface area contributed by atoms with Crippen molar-refractivity contribution >= 4 is 0 Å². The van der Waals surface area contributed by atoms with Gasteiger partial charge in [-0.25, -0.2) is 0 Å². The maximum Gasteiger partial charge on any atom is 0.101 e. The smallest absolute Gasteiger partial charge is 0.101 e. The van der Waals surface area contributed by atoms with Crippen LogP contribution in [-0.2, 0) is 0 Å². The van der Waals surface area contributed by atoms with E-state index >= 15 is 0 Å². The molecule has 2 unspecified atom stereocenters. The Bertz CT molecular complexity index is 145. The second-order valence-electron chi connectivity index (χ2n) is 3.60. The zero-order chi connectivity index (χ0) is 10.8. The maximum absolute atomic E-state index is 9.39. The second kappa shape index (κ2) is 9.03. The lowest BCUT2D eigenvalue weighted by Crippen LogP contribution is -2.23. The van der Waals surface area contributed by atoms with Gasteiger partial charge >= 0.3 is 0 Å². The van der Waals surface area contributed by atoms with Gasteiger partial charge in [0, 0.05) is 0 Å². The predicted octanol–water partition coefficient (Wildman–Crippen LogP) is 2.14. The van der Waals surface area contributed by atoms with Crippen LogP contribution >= 0.6 is 0 Å². The third kappa shape index (κ3) is 6.92. The Balaban J connectivity index is 3.38. The number of hydrogen-bond acceptors (Lipinski definition) is 3. The molecule has 84 valence electrons. The minimum atomic E-state index is -0.939. The molecule has 0 spiro atoms. The predicted molar refractivity (Wildman–Crippen MR) is 57.2 cm³/mol. The Morgan fingerprint density at radius 2 is 1.71 bits per heavy atom. The summed E-state index contributed by atoms with van der Waals surface area (Å²) in [5.41, 5.74) is 0. The van der Waals surface area contributed by atoms with Crippen molar-refractivity contribution in [1.29, 1.82) is 0 Å². The first-order valence-electron chi connectivity index (χ1n) is 5.39. The molecule has 0 rings (SSSR count). The van der Waals surface area contributed by atoms with Crippen molar-refractivity contribution in [1.82, 2.24) is 0 Å². The van der Waals surface area contributed by atoms with Crippen LogP contribution < -0.4 is 0 Å². The largest absolute Gasteiger partial charge is 0.516 e. The number of aliphatic hydroxyl groups is 3. The Hall–Kier alpha value is -0.540. The molecule has 0 heterocycles. The normalized spacial score (nSPS) is 15.9. The van der Waals surface area contributed by atoms with Gasteiger partial charge in [0.25, 0.3) is 0 Å². The molecule has 0 fully saturated rings. The van der Waals surface area contributed by atoms with Crippen LogP contribution in [0, 0.1) is 0 Å². The molecule has 3 nitrogen and oxygen atoms in total. The van der Waals surface area contributed by atoms with Crippen LogP contribution in [0.3, 0.4) is 0 Å². The molecule has 0 aliphatic carbocycles. The van der Waals surface area contributed by atoms with Gasteiger partial charge in [0.15, 0.2) is 0 Å². The highest BCUT2D eigenvalue weighted by molar-refractivity contribution is 4.86. The molecule has 3 heteroatoms. The summed E-state index contributed by atoms with van der Waals surface area (Å²) in [6.45, 7) is 2.16. The average Bonchev–Trinajstić information content (AvgIpc) is 2.17. The second-order valence-corrected chi connectivity index (χ2v) is 3.60. The van der Waals surface area contributed by atoms with Crippen molar-refractivity contribution in [2.45, 2.75) is 57.7 Å². The molecule has 3 N–H and O–H groups in total. The van der Waals surface area contributed by atoms with E-state index in [2.05, 4.69) is 6.92 Å². The fraction of sp³-hybridized carbons (Fsp3) is 0.818. The first-order chi connectivity index (χ1) is 6.72. The van der Waals surface area contributed by atoms with Gasteiger partial charge in [0.05, 0.1) is 12.4 Å². The summed E-state index contributed by atoms with van der Waals surface area (Å²) in [6, 6.07) is 0. The van der Waals surface area contributed by atoms with Crippen LogP contribution in [0.5, 0.6) is 0 Å². The fourth-order valence-electron chi connectivity index (χ4n) is 1.34. The summed E-state index contributed by atoms with van der Waals surface area (Å²) in [5, 5.41) is 27.0. The minimum absolute atomic E-state index is 0.592.